The van der Waals surface area contributed by atoms with Crippen LogP contribution in [0.3, 0.4) is 0 Å². The van der Waals surface area contributed by atoms with Gasteiger partial charge in [0.1, 0.15) is 17.9 Å². The number of aromatic nitrogens is 3. The summed E-state index contributed by atoms with van der Waals surface area (Å²) in [4.78, 5) is 0. The van der Waals surface area contributed by atoms with Gasteiger partial charge in [0.2, 0.25) is 0 Å². The Morgan fingerprint density at radius 2 is 2.32 bits per heavy atom. The zero-order chi connectivity index (χ0) is 13.2. The van der Waals surface area contributed by atoms with E-state index in [-0.39, 0.29) is 0 Å². The summed E-state index contributed by atoms with van der Waals surface area (Å²) in [6, 6.07) is 8.59. The molecule has 3 rings (SSSR count). The van der Waals surface area contributed by atoms with Crippen molar-refractivity contribution in [3.63, 3.8) is 0 Å². The van der Waals surface area contributed by atoms with E-state index in [0.29, 0.717) is 12.0 Å². The Morgan fingerprint density at radius 3 is 3.11 bits per heavy atom. The molecule has 1 aliphatic heterocycles. The molecule has 1 aromatic heterocycles. The van der Waals surface area contributed by atoms with Crippen molar-refractivity contribution in [1.29, 1.82) is 0 Å². The molecule has 19 heavy (non-hydrogen) atoms. The minimum absolute atomic E-state index is 0.334. The first-order valence-electron chi connectivity index (χ1n) is 6.53. The summed E-state index contributed by atoms with van der Waals surface area (Å²) < 4.78 is 7.65. The van der Waals surface area contributed by atoms with Crippen molar-refractivity contribution in [2.24, 2.45) is 7.05 Å². The van der Waals surface area contributed by atoms with E-state index < -0.39 is 0 Å². The molecule has 0 saturated carbocycles. The first-order chi connectivity index (χ1) is 9.25. The number of para-hydroxylation sites is 1. The van der Waals surface area contributed by atoms with E-state index in [9.17, 15) is 0 Å². The maximum Gasteiger partial charge on any atom is 0.146 e. The van der Waals surface area contributed by atoms with E-state index in [1.807, 2.05) is 23.7 Å². The second-order valence-electron chi connectivity index (χ2n) is 4.98. The highest BCUT2D eigenvalue weighted by Crippen LogP contribution is 2.35. The summed E-state index contributed by atoms with van der Waals surface area (Å²) in [5.74, 6) is 2.35. The van der Waals surface area contributed by atoms with E-state index in [1.54, 1.807) is 6.33 Å². The van der Waals surface area contributed by atoms with Crippen LogP contribution in [0.2, 0.25) is 0 Å². The van der Waals surface area contributed by atoms with Crippen LogP contribution in [0.5, 0.6) is 5.75 Å². The van der Waals surface area contributed by atoms with Crippen molar-refractivity contribution < 1.29 is 4.74 Å². The van der Waals surface area contributed by atoms with Gasteiger partial charge in [-0.3, -0.25) is 0 Å². The van der Waals surface area contributed by atoms with Gasteiger partial charge in [-0.2, -0.15) is 0 Å². The Balaban J connectivity index is 1.66. The molecule has 0 bridgehead atoms. The first-order valence-corrected chi connectivity index (χ1v) is 6.53. The van der Waals surface area contributed by atoms with Gasteiger partial charge in [-0.05, 0) is 13.0 Å². The highest BCUT2D eigenvalue weighted by atomic mass is 16.5. The lowest BCUT2D eigenvalue weighted by Gasteiger charge is -2.19. The normalized spacial score (nSPS) is 18.9. The van der Waals surface area contributed by atoms with Crippen LogP contribution in [0.15, 0.2) is 30.6 Å². The SMILES string of the molecule is C[C@@H](NCc1nncn1C)[C@H]1COc2ccccc21. The van der Waals surface area contributed by atoms with Crippen LogP contribution in [-0.4, -0.2) is 27.4 Å². The zero-order valence-electron chi connectivity index (χ0n) is 11.2. The number of nitrogens with zero attached hydrogens (tertiary/aromatic N) is 3. The van der Waals surface area contributed by atoms with Crippen molar-refractivity contribution in [3.05, 3.63) is 42.0 Å². The van der Waals surface area contributed by atoms with Gasteiger partial charge in [0, 0.05) is 24.6 Å². The van der Waals surface area contributed by atoms with Crippen molar-refractivity contribution in [1.82, 2.24) is 20.1 Å². The second kappa shape index (κ2) is 5.01. The van der Waals surface area contributed by atoms with Crippen LogP contribution >= 0.6 is 0 Å². The summed E-state index contributed by atoms with van der Waals surface area (Å²) >= 11 is 0. The van der Waals surface area contributed by atoms with Crippen LogP contribution in [0.25, 0.3) is 0 Å². The molecule has 1 aromatic carbocycles. The van der Waals surface area contributed by atoms with Gasteiger partial charge in [0.15, 0.2) is 0 Å². The molecule has 1 aliphatic rings. The van der Waals surface area contributed by atoms with E-state index in [0.717, 1.165) is 24.7 Å². The van der Waals surface area contributed by atoms with Crippen LogP contribution in [-0.2, 0) is 13.6 Å². The van der Waals surface area contributed by atoms with Gasteiger partial charge in [0.05, 0.1) is 13.2 Å². The largest absolute Gasteiger partial charge is 0.493 e. The molecule has 5 nitrogen and oxygen atoms in total. The maximum atomic E-state index is 5.72. The fourth-order valence-electron chi connectivity index (χ4n) is 2.46. The highest BCUT2D eigenvalue weighted by molar-refractivity contribution is 5.40. The maximum absolute atomic E-state index is 5.72. The molecule has 0 amide bonds. The molecular formula is C14H18N4O. The molecular weight excluding hydrogens is 240 g/mol. The monoisotopic (exact) mass is 258 g/mol. The molecule has 0 unspecified atom stereocenters. The predicted molar refractivity (Wildman–Crippen MR) is 72.0 cm³/mol. The molecule has 0 saturated heterocycles. The molecule has 0 fully saturated rings. The molecule has 2 aromatic rings. The van der Waals surface area contributed by atoms with Gasteiger partial charge < -0.3 is 14.6 Å². The van der Waals surface area contributed by atoms with Gasteiger partial charge in [-0.15, -0.1) is 10.2 Å². The van der Waals surface area contributed by atoms with Crippen molar-refractivity contribution in [3.8, 4) is 5.75 Å². The smallest absolute Gasteiger partial charge is 0.146 e. The third kappa shape index (κ3) is 2.33. The van der Waals surface area contributed by atoms with Crippen molar-refractivity contribution in [2.45, 2.75) is 25.4 Å². The Kier molecular flexibility index (Phi) is 3.21. The summed E-state index contributed by atoms with van der Waals surface area (Å²) in [7, 11) is 1.95. The fourth-order valence-corrected chi connectivity index (χ4v) is 2.46. The van der Waals surface area contributed by atoms with Gasteiger partial charge in [-0.1, -0.05) is 18.2 Å². The predicted octanol–water partition coefficient (Wildman–Crippen LogP) is 1.47. The average molecular weight is 258 g/mol. The number of hydrogen-bond donors (Lipinski definition) is 1. The summed E-state index contributed by atoms with van der Waals surface area (Å²) in [6.07, 6.45) is 1.72. The number of benzene rings is 1. The Morgan fingerprint density at radius 1 is 1.47 bits per heavy atom. The van der Waals surface area contributed by atoms with Crippen LogP contribution in [0.4, 0.5) is 0 Å². The number of fused-ring (bicyclic) bond motifs is 1. The molecule has 2 atom stereocenters. The first kappa shape index (κ1) is 12.2. The van der Waals surface area contributed by atoms with E-state index >= 15 is 0 Å². The molecule has 0 radical (unpaired) electrons. The quantitative estimate of drug-likeness (QED) is 0.902. The third-order valence-electron chi connectivity index (χ3n) is 3.73. The fraction of sp³-hybridized carbons (Fsp3) is 0.429. The topological polar surface area (TPSA) is 52.0 Å². The molecule has 5 heteroatoms. The van der Waals surface area contributed by atoms with Crippen LogP contribution in [0.1, 0.15) is 24.2 Å². The zero-order valence-corrected chi connectivity index (χ0v) is 11.2. The minimum atomic E-state index is 0.334. The second-order valence-corrected chi connectivity index (χ2v) is 4.98. The minimum Gasteiger partial charge on any atom is -0.493 e. The lowest BCUT2D eigenvalue weighted by atomic mass is 9.94. The van der Waals surface area contributed by atoms with Crippen molar-refractivity contribution >= 4 is 0 Å². The molecule has 1 N–H and O–H groups in total. The van der Waals surface area contributed by atoms with E-state index in [4.69, 9.17) is 4.74 Å². The van der Waals surface area contributed by atoms with Gasteiger partial charge in [0.25, 0.3) is 0 Å². The van der Waals surface area contributed by atoms with Gasteiger partial charge in [-0.25, -0.2) is 0 Å². The number of hydrogen-bond acceptors (Lipinski definition) is 4. The van der Waals surface area contributed by atoms with Crippen LogP contribution < -0.4 is 10.1 Å². The molecule has 0 spiro atoms. The van der Waals surface area contributed by atoms with E-state index in [2.05, 4.69) is 34.6 Å². The molecule has 0 aliphatic carbocycles. The van der Waals surface area contributed by atoms with Gasteiger partial charge >= 0.3 is 0 Å². The standard InChI is InChI=1S/C14H18N4O/c1-10(15-7-14-17-16-9-18(14)2)12-8-19-13-6-4-3-5-11(12)13/h3-6,9-10,12,15H,7-8H2,1-2H3/t10-,12-/m1/s1. The lowest BCUT2D eigenvalue weighted by molar-refractivity contribution is 0.302. The number of rotatable bonds is 4. The lowest BCUT2D eigenvalue weighted by Crippen LogP contribution is -2.33. The molecule has 2 heterocycles. The Hall–Kier alpha value is -1.88. The summed E-state index contributed by atoms with van der Waals surface area (Å²) in [6.45, 7) is 3.65. The van der Waals surface area contributed by atoms with Crippen molar-refractivity contribution in [2.75, 3.05) is 6.61 Å². The van der Waals surface area contributed by atoms with Crippen LogP contribution in [0, 0.1) is 0 Å². The van der Waals surface area contributed by atoms with E-state index in [1.165, 1.54) is 5.56 Å². The molecule has 100 valence electrons. The number of nitrogens with one attached hydrogen (secondary N) is 1. The number of ether oxygens (including phenoxy) is 1. The summed E-state index contributed by atoms with van der Waals surface area (Å²) in [5.41, 5.74) is 1.29. The summed E-state index contributed by atoms with van der Waals surface area (Å²) in [5, 5.41) is 11.5. The third-order valence-corrected chi connectivity index (χ3v) is 3.73. The Labute approximate surface area is 112 Å². The Bertz CT molecular complexity index is 566. The highest BCUT2D eigenvalue weighted by Gasteiger charge is 2.28. The number of aryl methyl sites for hydroxylation is 1. The average Bonchev–Trinajstić information content (AvgIpc) is 3.02.